The van der Waals surface area contributed by atoms with Crippen LogP contribution >= 0.6 is 11.3 Å². The number of hydrogen-bond donors (Lipinski definition) is 1. The zero-order chi connectivity index (χ0) is 20.5. The molecule has 1 N–H and O–H groups in total. The quantitative estimate of drug-likeness (QED) is 0.648. The number of H-pyrrole nitrogens is 1. The Morgan fingerprint density at radius 2 is 1.93 bits per heavy atom. The van der Waals surface area contributed by atoms with Crippen LogP contribution in [0.25, 0.3) is 10.2 Å². The smallest absolute Gasteiger partial charge is 0.259 e. The van der Waals surface area contributed by atoms with Gasteiger partial charge >= 0.3 is 0 Å². The minimum absolute atomic E-state index is 0.0477. The molecule has 1 saturated carbocycles. The summed E-state index contributed by atoms with van der Waals surface area (Å²) in [6.45, 7) is 1.01. The van der Waals surface area contributed by atoms with Crippen molar-refractivity contribution < 1.29 is 4.79 Å². The number of thiophene rings is 1. The van der Waals surface area contributed by atoms with Crippen molar-refractivity contribution in [2.75, 3.05) is 6.54 Å². The predicted octanol–water partition coefficient (Wildman–Crippen LogP) is 4.23. The van der Waals surface area contributed by atoms with Gasteiger partial charge in [0, 0.05) is 17.3 Å². The Kier molecular flexibility index (Phi) is 5.42. The Bertz CT molecular complexity index is 1110. The van der Waals surface area contributed by atoms with Crippen molar-refractivity contribution in [2.24, 2.45) is 5.92 Å². The van der Waals surface area contributed by atoms with Gasteiger partial charge in [0.1, 0.15) is 10.7 Å². The molecule has 1 fully saturated rings. The normalized spacial score (nSPS) is 16.3. The average molecular weight is 422 g/mol. The van der Waals surface area contributed by atoms with E-state index in [4.69, 9.17) is 4.98 Å². The van der Waals surface area contributed by atoms with Crippen molar-refractivity contribution >= 4 is 27.5 Å². The summed E-state index contributed by atoms with van der Waals surface area (Å²) in [5.74, 6) is 0.933. The lowest BCUT2D eigenvalue weighted by atomic mass is 9.84. The molecule has 5 nitrogen and oxygen atoms in total. The van der Waals surface area contributed by atoms with Crippen molar-refractivity contribution in [3.8, 4) is 0 Å². The summed E-state index contributed by atoms with van der Waals surface area (Å²) < 4.78 is 0. The number of carbonyl (C=O) groups is 1. The molecule has 30 heavy (non-hydrogen) atoms. The van der Waals surface area contributed by atoms with Crippen LogP contribution in [0.4, 0.5) is 0 Å². The third-order valence-corrected chi connectivity index (χ3v) is 7.68. The van der Waals surface area contributed by atoms with E-state index in [-0.39, 0.29) is 17.4 Å². The molecule has 5 rings (SSSR count). The van der Waals surface area contributed by atoms with Gasteiger partial charge in [0.05, 0.1) is 11.9 Å². The first-order chi connectivity index (χ1) is 14.7. The van der Waals surface area contributed by atoms with Gasteiger partial charge in [0.2, 0.25) is 5.91 Å². The number of nitrogens with one attached hydrogen (secondary N) is 1. The summed E-state index contributed by atoms with van der Waals surface area (Å²) in [7, 11) is 0. The minimum atomic E-state index is -0.0477. The molecule has 1 amide bonds. The standard InChI is InChI=1S/C24H27N3O2S/c28-22-21-18-11-4-5-12-19(18)30-23(21)26-20(25-22)15-27(24(29)17-9-6-10-17)14-13-16-7-2-1-3-8-16/h1-3,7-8,17H,4-6,9-15H2,(H,25,26,28). The van der Waals surface area contributed by atoms with Crippen molar-refractivity contribution in [1.82, 2.24) is 14.9 Å². The second-order valence-corrected chi connectivity index (χ2v) is 9.61. The van der Waals surface area contributed by atoms with Gasteiger partial charge in [-0.2, -0.15) is 0 Å². The average Bonchev–Trinajstić information content (AvgIpc) is 3.09. The Labute approximate surface area is 180 Å². The van der Waals surface area contributed by atoms with Crippen LogP contribution in [0.15, 0.2) is 35.1 Å². The number of carbonyl (C=O) groups excluding carboxylic acids is 1. The van der Waals surface area contributed by atoms with E-state index >= 15 is 0 Å². The first-order valence-electron chi connectivity index (χ1n) is 11.0. The number of aromatic nitrogens is 2. The van der Waals surface area contributed by atoms with Crippen LogP contribution in [-0.4, -0.2) is 27.3 Å². The van der Waals surface area contributed by atoms with Crippen molar-refractivity contribution in [3.63, 3.8) is 0 Å². The number of aryl methyl sites for hydroxylation is 2. The molecule has 2 aromatic heterocycles. The highest BCUT2D eigenvalue weighted by atomic mass is 32.1. The van der Waals surface area contributed by atoms with Gasteiger partial charge in [-0.1, -0.05) is 36.8 Å². The topological polar surface area (TPSA) is 66.1 Å². The molecule has 2 heterocycles. The SMILES string of the molecule is O=C(C1CCC1)N(CCc1ccccc1)Cc1nc2sc3c(c2c(=O)[nH]1)CCCC3. The summed E-state index contributed by atoms with van der Waals surface area (Å²) >= 11 is 1.66. The van der Waals surface area contributed by atoms with E-state index < -0.39 is 0 Å². The number of fused-ring (bicyclic) bond motifs is 3. The molecule has 0 aliphatic heterocycles. The molecule has 3 aromatic rings. The fourth-order valence-electron chi connectivity index (χ4n) is 4.55. The largest absolute Gasteiger partial charge is 0.335 e. The van der Waals surface area contributed by atoms with Crippen LogP contribution in [0, 0.1) is 5.92 Å². The van der Waals surface area contributed by atoms with E-state index in [1.807, 2.05) is 23.1 Å². The molecule has 1 aromatic carbocycles. The molecule has 0 bridgehead atoms. The Balaban J connectivity index is 1.41. The van der Waals surface area contributed by atoms with Crippen LogP contribution in [0.1, 0.15) is 53.9 Å². The lowest BCUT2D eigenvalue weighted by molar-refractivity contribution is -0.138. The van der Waals surface area contributed by atoms with Crippen LogP contribution in [0.5, 0.6) is 0 Å². The Morgan fingerprint density at radius 3 is 2.70 bits per heavy atom. The molecular formula is C24H27N3O2S. The van der Waals surface area contributed by atoms with E-state index in [0.717, 1.165) is 55.2 Å². The van der Waals surface area contributed by atoms with Gasteiger partial charge < -0.3 is 9.88 Å². The summed E-state index contributed by atoms with van der Waals surface area (Å²) in [6, 6.07) is 10.2. The highest BCUT2D eigenvalue weighted by Crippen LogP contribution is 2.34. The van der Waals surface area contributed by atoms with Gasteiger partial charge in [-0.15, -0.1) is 11.3 Å². The maximum atomic E-state index is 13.1. The van der Waals surface area contributed by atoms with Gasteiger partial charge in [-0.3, -0.25) is 9.59 Å². The molecule has 0 saturated heterocycles. The molecule has 2 aliphatic rings. The minimum Gasteiger partial charge on any atom is -0.335 e. The van der Waals surface area contributed by atoms with Crippen molar-refractivity contribution in [3.05, 3.63) is 62.5 Å². The Hall–Kier alpha value is -2.47. The van der Waals surface area contributed by atoms with E-state index in [2.05, 4.69) is 17.1 Å². The van der Waals surface area contributed by atoms with Gasteiger partial charge in [-0.05, 0) is 56.1 Å². The number of aromatic amines is 1. The zero-order valence-electron chi connectivity index (χ0n) is 17.2. The summed E-state index contributed by atoms with van der Waals surface area (Å²) in [5, 5.41) is 0.777. The molecule has 2 aliphatic carbocycles. The number of amides is 1. The summed E-state index contributed by atoms with van der Waals surface area (Å²) in [5.41, 5.74) is 2.37. The van der Waals surface area contributed by atoms with Crippen LogP contribution in [0.3, 0.4) is 0 Å². The first-order valence-corrected chi connectivity index (χ1v) is 11.9. The maximum Gasteiger partial charge on any atom is 0.259 e. The van der Waals surface area contributed by atoms with Gasteiger partial charge in [0.15, 0.2) is 0 Å². The lowest BCUT2D eigenvalue weighted by Crippen LogP contribution is -2.40. The third-order valence-electron chi connectivity index (χ3n) is 6.49. The second kappa shape index (κ2) is 8.34. The summed E-state index contributed by atoms with van der Waals surface area (Å²) in [4.78, 5) is 37.8. The van der Waals surface area contributed by atoms with E-state index in [9.17, 15) is 9.59 Å². The predicted molar refractivity (Wildman–Crippen MR) is 120 cm³/mol. The highest BCUT2D eigenvalue weighted by Gasteiger charge is 2.30. The van der Waals surface area contributed by atoms with Gasteiger partial charge in [0.25, 0.3) is 5.56 Å². The van der Waals surface area contributed by atoms with Crippen molar-refractivity contribution in [2.45, 2.75) is 57.9 Å². The fraction of sp³-hybridized carbons (Fsp3) is 0.458. The molecule has 0 spiro atoms. The fourth-order valence-corrected chi connectivity index (χ4v) is 5.83. The maximum absolute atomic E-state index is 13.1. The van der Waals surface area contributed by atoms with E-state index in [1.165, 1.54) is 22.4 Å². The first kappa shape index (κ1) is 19.5. The monoisotopic (exact) mass is 421 g/mol. The zero-order valence-corrected chi connectivity index (χ0v) is 18.0. The van der Waals surface area contributed by atoms with E-state index in [1.54, 1.807) is 11.3 Å². The molecule has 6 heteroatoms. The third kappa shape index (κ3) is 3.81. The van der Waals surface area contributed by atoms with E-state index in [0.29, 0.717) is 18.9 Å². The van der Waals surface area contributed by atoms with Crippen LogP contribution < -0.4 is 5.56 Å². The molecular weight excluding hydrogens is 394 g/mol. The van der Waals surface area contributed by atoms with Crippen LogP contribution in [-0.2, 0) is 30.6 Å². The molecule has 0 radical (unpaired) electrons. The number of rotatable bonds is 6. The van der Waals surface area contributed by atoms with Crippen LogP contribution in [0.2, 0.25) is 0 Å². The second-order valence-electron chi connectivity index (χ2n) is 8.53. The lowest BCUT2D eigenvalue weighted by Gasteiger charge is -2.31. The van der Waals surface area contributed by atoms with Crippen molar-refractivity contribution in [1.29, 1.82) is 0 Å². The molecule has 156 valence electrons. The Morgan fingerprint density at radius 1 is 1.13 bits per heavy atom. The molecule has 0 atom stereocenters. The number of hydrogen-bond acceptors (Lipinski definition) is 4. The van der Waals surface area contributed by atoms with Gasteiger partial charge in [-0.25, -0.2) is 4.98 Å². The highest BCUT2D eigenvalue weighted by molar-refractivity contribution is 7.18. The number of nitrogens with zero attached hydrogens (tertiary/aromatic N) is 2. The molecule has 0 unspecified atom stereocenters. The summed E-state index contributed by atoms with van der Waals surface area (Å²) in [6.07, 6.45) is 8.24. The number of benzene rings is 1.